The third kappa shape index (κ3) is 2.19. The molecule has 1 amide bonds. The Kier molecular flexibility index (Phi) is 3.44. The van der Waals surface area contributed by atoms with Gasteiger partial charge in [0.2, 0.25) is 0 Å². The number of carbonyl (C=O) groups is 1. The van der Waals surface area contributed by atoms with Crippen LogP contribution < -0.4 is 5.32 Å². The van der Waals surface area contributed by atoms with Gasteiger partial charge in [0.1, 0.15) is 5.58 Å². The summed E-state index contributed by atoms with van der Waals surface area (Å²) in [6, 6.07) is 5.60. The van der Waals surface area contributed by atoms with Crippen LogP contribution in [0.15, 0.2) is 22.6 Å². The molecule has 0 spiro atoms. The minimum atomic E-state index is -0.0381. The molecule has 1 N–H and O–H groups in total. The minimum absolute atomic E-state index is 0.0381. The maximum Gasteiger partial charge on any atom is 0.290 e. The van der Waals surface area contributed by atoms with E-state index < -0.39 is 0 Å². The maximum atomic E-state index is 12.7. The Morgan fingerprint density at radius 3 is 3.05 bits per heavy atom. The summed E-state index contributed by atoms with van der Waals surface area (Å²) in [5, 5.41) is 4.83. The zero-order chi connectivity index (χ0) is 14.3. The molecule has 0 radical (unpaired) electrons. The molecule has 1 aliphatic heterocycles. The first-order valence-corrected chi connectivity index (χ1v) is 7.16. The number of piperazine rings is 1. The number of rotatable bonds is 1. The predicted molar refractivity (Wildman–Crippen MR) is 79.3 cm³/mol. The van der Waals surface area contributed by atoms with Crippen molar-refractivity contribution in [3.8, 4) is 0 Å². The SMILES string of the molecule is Cc1c(C(=O)N2CCNC[C@H]2C)oc2ccc(Cl)cc12. The molecule has 5 heteroatoms. The van der Waals surface area contributed by atoms with E-state index in [1.54, 1.807) is 6.07 Å². The lowest BCUT2D eigenvalue weighted by Gasteiger charge is -2.33. The number of furan rings is 1. The van der Waals surface area contributed by atoms with E-state index in [9.17, 15) is 4.79 Å². The molecule has 1 aliphatic rings. The highest BCUT2D eigenvalue weighted by atomic mass is 35.5. The van der Waals surface area contributed by atoms with Crippen molar-refractivity contribution < 1.29 is 9.21 Å². The van der Waals surface area contributed by atoms with Gasteiger partial charge >= 0.3 is 0 Å². The van der Waals surface area contributed by atoms with Gasteiger partial charge in [-0.25, -0.2) is 0 Å². The molecule has 2 aromatic rings. The summed E-state index contributed by atoms with van der Waals surface area (Å²) in [5.41, 5.74) is 1.57. The molecule has 0 unspecified atom stereocenters. The van der Waals surface area contributed by atoms with Crippen LogP contribution >= 0.6 is 11.6 Å². The lowest BCUT2D eigenvalue weighted by atomic mass is 10.1. The summed E-state index contributed by atoms with van der Waals surface area (Å²) in [5.74, 6) is 0.389. The van der Waals surface area contributed by atoms with Crippen molar-refractivity contribution in [3.05, 3.63) is 34.5 Å². The van der Waals surface area contributed by atoms with Crippen LogP contribution in [0.2, 0.25) is 5.02 Å². The van der Waals surface area contributed by atoms with Crippen LogP contribution in [-0.2, 0) is 0 Å². The van der Waals surface area contributed by atoms with Gasteiger partial charge < -0.3 is 14.6 Å². The van der Waals surface area contributed by atoms with Crippen LogP contribution in [0.5, 0.6) is 0 Å². The van der Waals surface area contributed by atoms with Gasteiger partial charge in [0.15, 0.2) is 5.76 Å². The number of carbonyl (C=O) groups excluding carboxylic acids is 1. The van der Waals surface area contributed by atoms with E-state index >= 15 is 0 Å². The number of fused-ring (bicyclic) bond motifs is 1. The molecule has 0 bridgehead atoms. The summed E-state index contributed by atoms with van der Waals surface area (Å²) < 4.78 is 5.75. The molecule has 20 heavy (non-hydrogen) atoms. The Morgan fingerprint density at radius 1 is 1.50 bits per heavy atom. The molecule has 0 aliphatic carbocycles. The number of nitrogens with zero attached hydrogens (tertiary/aromatic N) is 1. The normalized spacial score (nSPS) is 19.6. The van der Waals surface area contributed by atoms with E-state index in [1.807, 2.05) is 30.9 Å². The van der Waals surface area contributed by atoms with E-state index in [0.717, 1.165) is 24.0 Å². The Hall–Kier alpha value is -1.52. The number of aryl methyl sites for hydroxylation is 1. The number of hydrogen-bond donors (Lipinski definition) is 1. The molecular formula is C15H17ClN2O2. The molecule has 1 atom stereocenters. The van der Waals surface area contributed by atoms with Crippen LogP contribution in [0.25, 0.3) is 11.0 Å². The van der Waals surface area contributed by atoms with Crippen molar-refractivity contribution in [3.63, 3.8) is 0 Å². The van der Waals surface area contributed by atoms with Crippen LogP contribution in [0.1, 0.15) is 23.0 Å². The quantitative estimate of drug-likeness (QED) is 0.879. The Morgan fingerprint density at radius 2 is 2.30 bits per heavy atom. The molecule has 1 fully saturated rings. The van der Waals surface area contributed by atoms with E-state index in [-0.39, 0.29) is 11.9 Å². The van der Waals surface area contributed by atoms with Crippen molar-refractivity contribution in [2.24, 2.45) is 0 Å². The van der Waals surface area contributed by atoms with Gasteiger partial charge in [-0.15, -0.1) is 0 Å². The van der Waals surface area contributed by atoms with Gasteiger partial charge in [-0.1, -0.05) is 11.6 Å². The van der Waals surface area contributed by atoms with Crippen molar-refractivity contribution in [2.45, 2.75) is 19.9 Å². The molecular weight excluding hydrogens is 276 g/mol. The number of benzene rings is 1. The minimum Gasteiger partial charge on any atom is -0.451 e. The Labute approximate surface area is 122 Å². The van der Waals surface area contributed by atoms with Crippen molar-refractivity contribution in [2.75, 3.05) is 19.6 Å². The van der Waals surface area contributed by atoms with Crippen LogP contribution in [0.3, 0.4) is 0 Å². The van der Waals surface area contributed by atoms with E-state index in [4.69, 9.17) is 16.0 Å². The molecule has 1 aromatic heterocycles. The number of halogens is 1. The molecule has 0 saturated carbocycles. The Balaban J connectivity index is 2.01. The predicted octanol–water partition coefficient (Wildman–Crippen LogP) is 2.83. The third-order valence-electron chi connectivity index (χ3n) is 3.85. The van der Waals surface area contributed by atoms with Gasteiger partial charge in [-0.05, 0) is 32.0 Å². The molecule has 4 nitrogen and oxygen atoms in total. The van der Waals surface area contributed by atoms with Crippen LogP contribution in [0.4, 0.5) is 0 Å². The van der Waals surface area contributed by atoms with E-state index in [0.29, 0.717) is 22.9 Å². The number of nitrogens with one attached hydrogen (secondary N) is 1. The van der Waals surface area contributed by atoms with E-state index in [2.05, 4.69) is 5.32 Å². The zero-order valence-corrected chi connectivity index (χ0v) is 12.3. The molecule has 1 aromatic carbocycles. The highest BCUT2D eigenvalue weighted by molar-refractivity contribution is 6.31. The van der Waals surface area contributed by atoms with Crippen molar-refractivity contribution >= 4 is 28.5 Å². The fraction of sp³-hybridized carbons (Fsp3) is 0.400. The number of amides is 1. The third-order valence-corrected chi connectivity index (χ3v) is 4.09. The maximum absolute atomic E-state index is 12.7. The Bertz CT molecular complexity index is 665. The van der Waals surface area contributed by atoms with Crippen LogP contribution in [-0.4, -0.2) is 36.5 Å². The second-order valence-electron chi connectivity index (χ2n) is 5.25. The van der Waals surface area contributed by atoms with Crippen LogP contribution in [0, 0.1) is 6.92 Å². The topological polar surface area (TPSA) is 45.5 Å². The van der Waals surface area contributed by atoms with Gasteiger partial charge in [-0.2, -0.15) is 0 Å². The van der Waals surface area contributed by atoms with Gasteiger partial charge in [0, 0.05) is 41.6 Å². The van der Waals surface area contributed by atoms with Crippen molar-refractivity contribution in [1.29, 1.82) is 0 Å². The molecule has 3 rings (SSSR count). The smallest absolute Gasteiger partial charge is 0.290 e. The second-order valence-corrected chi connectivity index (χ2v) is 5.68. The molecule has 1 saturated heterocycles. The first-order valence-electron chi connectivity index (χ1n) is 6.78. The fourth-order valence-corrected chi connectivity index (χ4v) is 2.84. The highest BCUT2D eigenvalue weighted by Gasteiger charge is 2.28. The first-order chi connectivity index (χ1) is 9.58. The lowest BCUT2D eigenvalue weighted by Crippen LogP contribution is -2.52. The van der Waals surface area contributed by atoms with Gasteiger partial charge in [0.05, 0.1) is 0 Å². The average Bonchev–Trinajstić information content (AvgIpc) is 2.76. The lowest BCUT2D eigenvalue weighted by molar-refractivity contribution is 0.0624. The molecule has 106 valence electrons. The summed E-state index contributed by atoms with van der Waals surface area (Å²) >= 11 is 6.01. The monoisotopic (exact) mass is 292 g/mol. The van der Waals surface area contributed by atoms with Gasteiger partial charge in [0.25, 0.3) is 5.91 Å². The molecule has 2 heterocycles. The summed E-state index contributed by atoms with van der Waals surface area (Å²) in [7, 11) is 0. The van der Waals surface area contributed by atoms with Gasteiger partial charge in [-0.3, -0.25) is 4.79 Å². The van der Waals surface area contributed by atoms with Crippen molar-refractivity contribution in [1.82, 2.24) is 10.2 Å². The largest absolute Gasteiger partial charge is 0.451 e. The summed E-state index contributed by atoms with van der Waals surface area (Å²) in [6.45, 7) is 6.29. The number of hydrogen-bond acceptors (Lipinski definition) is 3. The fourth-order valence-electron chi connectivity index (χ4n) is 2.67. The summed E-state index contributed by atoms with van der Waals surface area (Å²) in [6.07, 6.45) is 0. The summed E-state index contributed by atoms with van der Waals surface area (Å²) in [4.78, 5) is 14.5. The zero-order valence-electron chi connectivity index (χ0n) is 11.6. The standard InChI is InChI=1S/C15H17ClN2O2/c1-9-8-17-5-6-18(9)15(19)14-10(2)12-7-11(16)3-4-13(12)20-14/h3-4,7,9,17H,5-6,8H2,1-2H3/t9-/m1/s1. The van der Waals surface area contributed by atoms with E-state index in [1.165, 1.54) is 0 Å². The average molecular weight is 293 g/mol. The first kappa shape index (κ1) is 13.5. The second kappa shape index (κ2) is 5.11. The highest BCUT2D eigenvalue weighted by Crippen LogP contribution is 2.29.